The summed E-state index contributed by atoms with van der Waals surface area (Å²) in [6.07, 6.45) is 3.56. The molecule has 0 radical (unpaired) electrons. The van der Waals surface area contributed by atoms with E-state index < -0.39 is 0 Å². The fourth-order valence-electron chi connectivity index (χ4n) is 3.00. The second-order valence-electron chi connectivity index (χ2n) is 5.73. The van der Waals surface area contributed by atoms with Gasteiger partial charge in [-0.1, -0.05) is 6.08 Å². The molecule has 2 aliphatic rings. The Morgan fingerprint density at radius 3 is 3.04 bits per heavy atom. The number of amides is 2. The molecule has 2 aliphatic heterocycles. The van der Waals surface area contributed by atoms with Crippen LogP contribution in [0.15, 0.2) is 49.2 Å². The second-order valence-corrected chi connectivity index (χ2v) is 5.73. The van der Waals surface area contributed by atoms with Gasteiger partial charge < -0.3 is 19.7 Å². The molecule has 0 fully saturated rings. The molecule has 2 aromatic rings. The van der Waals surface area contributed by atoms with E-state index in [0.29, 0.717) is 36.8 Å². The molecule has 7 nitrogen and oxygen atoms in total. The Hall–Kier alpha value is -3.22. The number of pyridine rings is 1. The summed E-state index contributed by atoms with van der Waals surface area (Å²) in [5.74, 6) is 2.11. The van der Waals surface area contributed by atoms with E-state index in [1.165, 1.54) is 0 Å². The summed E-state index contributed by atoms with van der Waals surface area (Å²) >= 11 is 0. The number of carbonyl (C=O) groups is 1. The van der Waals surface area contributed by atoms with Crippen LogP contribution >= 0.6 is 0 Å². The van der Waals surface area contributed by atoms with Gasteiger partial charge in [0, 0.05) is 37.6 Å². The minimum atomic E-state index is -0.202. The number of rotatable bonds is 3. The first-order valence-electron chi connectivity index (χ1n) is 8.05. The Labute approximate surface area is 145 Å². The van der Waals surface area contributed by atoms with Crippen LogP contribution in [0.3, 0.4) is 0 Å². The van der Waals surface area contributed by atoms with Crippen LogP contribution in [-0.2, 0) is 0 Å². The molecule has 128 valence electrons. The Morgan fingerprint density at radius 2 is 2.16 bits per heavy atom. The smallest absolute Gasteiger partial charge is 0.326 e. The van der Waals surface area contributed by atoms with Crippen LogP contribution in [-0.4, -0.2) is 37.4 Å². The summed E-state index contributed by atoms with van der Waals surface area (Å²) in [5.41, 5.74) is 1.45. The summed E-state index contributed by atoms with van der Waals surface area (Å²) in [4.78, 5) is 21.0. The molecule has 7 heteroatoms. The van der Waals surface area contributed by atoms with Gasteiger partial charge in [0.2, 0.25) is 6.79 Å². The van der Waals surface area contributed by atoms with Crippen molar-refractivity contribution in [2.75, 3.05) is 41.5 Å². The van der Waals surface area contributed by atoms with Crippen LogP contribution in [0.5, 0.6) is 11.5 Å². The minimum absolute atomic E-state index is 0.202. The number of hydrogen-bond acceptors (Lipinski definition) is 5. The van der Waals surface area contributed by atoms with Crippen molar-refractivity contribution in [2.24, 2.45) is 0 Å². The summed E-state index contributed by atoms with van der Waals surface area (Å²) < 4.78 is 10.6. The zero-order valence-corrected chi connectivity index (χ0v) is 13.6. The van der Waals surface area contributed by atoms with Crippen LogP contribution in [0.2, 0.25) is 0 Å². The van der Waals surface area contributed by atoms with Crippen LogP contribution in [0.25, 0.3) is 0 Å². The molecule has 0 aliphatic carbocycles. The highest BCUT2D eigenvalue weighted by molar-refractivity contribution is 6.04. The van der Waals surface area contributed by atoms with Gasteiger partial charge in [0.15, 0.2) is 17.3 Å². The lowest BCUT2D eigenvalue weighted by atomic mass is 10.2. The van der Waals surface area contributed by atoms with Crippen molar-refractivity contribution >= 4 is 23.2 Å². The largest absolute Gasteiger partial charge is 0.454 e. The van der Waals surface area contributed by atoms with E-state index in [0.717, 1.165) is 11.5 Å². The third kappa shape index (κ3) is 2.84. The summed E-state index contributed by atoms with van der Waals surface area (Å²) in [7, 11) is 0. The molecule has 1 aromatic heterocycles. The van der Waals surface area contributed by atoms with E-state index in [-0.39, 0.29) is 12.8 Å². The quantitative estimate of drug-likeness (QED) is 0.872. The Kier molecular flexibility index (Phi) is 3.89. The van der Waals surface area contributed by atoms with Gasteiger partial charge in [0.05, 0.1) is 5.69 Å². The average Bonchev–Trinajstić information content (AvgIpc) is 3.10. The maximum Gasteiger partial charge on any atom is 0.326 e. The normalized spacial score (nSPS) is 14.9. The van der Waals surface area contributed by atoms with Gasteiger partial charge in [-0.15, -0.1) is 6.58 Å². The first-order valence-corrected chi connectivity index (χ1v) is 8.05. The fraction of sp³-hybridized carbons (Fsp3) is 0.222. The van der Waals surface area contributed by atoms with E-state index in [1.807, 2.05) is 18.2 Å². The standard InChI is InChI=1S/C18H18N4O3/c1-2-8-21-9-10-22(14-4-3-7-19-17(14)21)18(23)20-13-5-6-15-16(11-13)25-12-24-15/h2-7,11H,1,8-10,12H2,(H,20,23). The molecule has 0 unspecified atom stereocenters. The lowest BCUT2D eigenvalue weighted by molar-refractivity contribution is 0.174. The van der Waals surface area contributed by atoms with Crippen molar-refractivity contribution in [3.8, 4) is 11.5 Å². The molecule has 0 spiro atoms. The molecule has 0 bridgehead atoms. The molecule has 3 heterocycles. The molecule has 0 saturated heterocycles. The zero-order chi connectivity index (χ0) is 17.2. The number of aromatic nitrogens is 1. The van der Waals surface area contributed by atoms with Crippen LogP contribution in [0.4, 0.5) is 22.0 Å². The third-order valence-corrected chi connectivity index (χ3v) is 4.17. The van der Waals surface area contributed by atoms with Crippen molar-refractivity contribution < 1.29 is 14.3 Å². The van der Waals surface area contributed by atoms with E-state index in [4.69, 9.17) is 9.47 Å². The Morgan fingerprint density at radius 1 is 1.28 bits per heavy atom. The monoisotopic (exact) mass is 338 g/mol. The molecular weight excluding hydrogens is 320 g/mol. The van der Waals surface area contributed by atoms with Crippen LogP contribution in [0.1, 0.15) is 0 Å². The van der Waals surface area contributed by atoms with Gasteiger partial charge in [-0.3, -0.25) is 4.90 Å². The molecular formula is C18H18N4O3. The van der Waals surface area contributed by atoms with Crippen LogP contribution < -0.4 is 24.6 Å². The number of urea groups is 1. The number of anilines is 3. The highest BCUT2D eigenvalue weighted by Crippen LogP contribution is 2.35. The van der Waals surface area contributed by atoms with Crippen molar-refractivity contribution in [1.29, 1.82) is 0 Å². The van der Waals surface area contributed by atoms with E-state index in [9.17, 15) is 4.79 Å². The number of nitrogens with zero attached hydrogens (tertiary/aromatic N) is 3. The molecule has 0 atom stereocenters. The third-order valence-electron chi connectivity index (χ3n) is 4.17. The topological polar surface area (TPSA) is 66.9 Å². The minimum Gasteiger partial charge on any atom is -0.454 e. The average molecular weight is 338 g/mol. The summed E-state index contributed by atoms with van der Waals surface area (Å²) in [6.45, 7) is 5.95. The first-order chi connectivity index (χ1) is 12.3. The van der Waals surface area contributed by atoms with Crippen molar-refractivity contribution in [1.82, 2.24) is 4.98 Å². The fourth-order valence-corrected chi connectivity index (χ4v) is 3.00. The van der Waals surface area contributed by atoms with Gasteiger partial charge in [0.1, 0.15) is 0 Å². The predicted molar refractivity (Wildman–Crippen MR) is 95.6 cm³/mol. The molecule has 1 N–H and O–H groups in total. The Balaban J connectivity index is 1.56. The van der Waals surface area contributed by atoms with Gasteiger partial charge in [-0.25, -0.2) is 9.78 Å². The highest BCUT2D eigenvalue weighted by Gasteiger charge is 2.27. The SMILES string of the molecule is C=CCN1CCN(C(=O)Nc2ccc3c(c2)OCO3)c2cccnc21. The summed E-state index contributed by atoms with van der Waals surface area (Å²) in [5, 5.41) is 2.91. The van der Waals surface area contributed by atoms with Gasteiger partial charge in [-0.05, 0) is 24.3 Å². The van der Waals surface area contributed by atoms with Crippen LogP contribution in [0, 0.1) is 0 Å². The van der Waals surface area contributed by atoms with Gasteiger partial charge in [-0.2, -0.15) is 0 Å². The lowest BCUT2D eigenvalue weighted by Gasteiger charge is -2.36. The van der Waals surface area contributed by atoms with E-state index >= 15 is 0 Å². The van der Waals surface area contributed by atoms with E-state index in [1.54, 1.807) is 29.3 Å². The Bertz CT molecular complexity index is 824. The molecule has 2 amide bonds. The van der Waals surface area contributed by atoms with Crippen molar-refractivity contribution in [2.45, 2.75) is 0 Å². The lowest BCUT2D eigenvalue weighted by Crippen LogP contribution is -2.46. The zero-order valence-electron chi connectivity index (χ0n) is 13.6. The number of fused-ring (bicyclic) bond motifs is 2. The molecule has 1 aromatic carbocycles. The van der Waals surface area contributed by atoms with Gasteiger partial charge >= 0.3 is 6.03 Å². The number of benzene rings is 1. The second kappa shape index (κ2) is 6.35. The number of nitrogens with one attached hydrogen (secondary N) is 1. The molecule has 4 rings (SSSR count). The predicted octanol–water partition coefficient (Wildman–Crippen LogP) is 2.85. The van der Waals surface area contributed by atoms with Crippen molar-refractivity contribution in [3.63, 3.8) is 0 Å². The number of ether oxygens (including phenoxy) is 2. The van der Waals surface area contributed by atoms with Gasteiger partial charge in [0.25, 0.3) is 0 Å². The number of carbonyl (C=O) groups excluding carboxylic acids is 1. The maximum atomic E-state index is 12.8. The molecule has 0 saturated carbocycles. The number of hydrogen-bond donors (Lipinski definition) is 1. The summed E-state index contributed by atoms with van der Waals surface area (Å²) in [6, 6.07) is 8.87. The highest BCUT2D eigenvalue weighted by atomic mass is 16.7. The molecule has 25 heavy (non-hydrogen) atoms. The van der Waals surface area contributed by atoms with E-state index in [2.05, 4.69) is 21.8 Å². The van der Waals surface area contributed by atoms with Crippen molar-refractivity contribution in [3.05, 3.63) is 49.2 Å². The maximum absolute atomic E-state index is 12.8. The first kappa shape index (κ1) is 15.3.